The lowest BCUT2D eigenvalue weighted by atomic mass is 10.1. The van der Waals surface area contributed by atoms with Gasteiger partial charge in [-0.15, -0.1) is 0 Å². The Morgan fingerprint density at radius 3 is 2.90 bits per heavy atom. The van der Waals surface area contributed by atoms with Crippen molar-refractivity contribution < 1.29 is 0 Å². The van der Waals surface area contributed by atoms with Gasteiger partial charge < -0.3 is 11.1 Å². The molecule has 1 aromatic carbocycles. The van der Waals surface area contributed by atoms with Crippen LogP contribution in [-0.2, 0) is 6.54 Å². The summed E-state index contributed by atoms with van der Waals surface area (Å²) < 4.78 is 1.68. The van der Waals surface area contributed by atoms with E-state index in [0.29, 0.717) is 18.4 Å². The SMILES string of the molecule is Cc1cccc(CNc2nc(N)nc(-n3ccnc3)n2)c1. The van der Waals surface area contributed by atoms with Gasteiger partial charge in [0, 0.05) is 18.9 Å². The quantitative estimate of drug-likeness (QED) is 0.753. The molecular formula is C14H15N7. The third kappa shape index (κ3) is 3.14. The van der Waals surface area contributed by atoms with Crippen molar-refractivity contribution in [2.75, 3.05) is 11.1 Å². The van der Waals surface area contributed by atoms with E-state index >= 15 is 0 Å². The number of imidazole rings is 1. The van der Waals surface area contributed by atoms with Gasteiger partial charge in [0.05, 0.1) is 0 Å². The molecule has 106 valence electrons. The van der Waals surface area contributed by atoms with E-state index in [1.54, 1.807) is 23.3 Å². The van der Waals surface area contributed by atoms with Crippen molar-refractivity contribution >= 4 is 11.9 Å². The molecule has 0 unspecified atom stereocenters. The molecule has 0 radical (unpaired) electrons. The number of hydrogen-bond donors (Lipinski definition) is 2. The van der Waals surface area contributed by atoms with E-state index in [1.165, 1.54) is 5.56 Å². The van der Waals surface area contributed by atoms with E-state index in [0.717, 1.165) is 5.56 Å². The van der Waals surface area contributed by atoms with Crippen molar-refractivity contribution in [3.05, 3.63) is 54.1 Å². The summed E-state index contributed by atoms with van der Waals surface area (Å²) in [5.41, 5.74) is 8.09. The predicted molar refractivity (Wildman–Crippen MR) is 79.9 cm³/mol. The Morgan fingerprint density at radius 2 is 2.14 bits per heavy atom. The first kappa shape index (κ1) is 13.0. The van der Waals surface area contributed by atoms with Crippen LogP contribution in [0.5, 0.6) is 0 Å². The fourth-order valence-electron chi connectivity index (χ4n) is 1.96. The van der Waals surface area contributed by atoms with Crippen molar-refractivity contribution in [1.82, 2.24) is 24.5 Å². The summed E-state index contributed by atoms with van der Waals surface area (Å²) in [6.45, 7) is 2.68. The highest BCUT2D eigenvalue weighted by molar-refractivity contribution is 5.36. The van der Waals surface area contributed by atoms with E-state index < -0.39 is 0 Å². The lowest BCUT2D eigenvalue weighted by Crippen LogP contribution is -2.10. The molecule has 7 heteroatoms. The van der Waals surface area contributed by atoms with Crippen molar-refractivity contribution in [2.24, 2.45) is 0 Å². The van der Waals surface area contributed by atoms with Crippen LogP contribution in [0.4, 0.5) is 11.9 Å². The molecule has 2 heterocycles. The van der Waals surface area contributed by atoms with E-state index in [-0.39, 0.29) is 5.95 Å². The smallest absolute Gasteiger partial charge is 0.241 e. The Hall–Kier alpha value is -2.96. The van der Waals surface area contributed by atoms with E-state index in [2.05, 4.69) is 44.3 Å². The minimum Gasteiger partial charge on any atom is -0.368 e. The van der Waals surface area contributed by atoms with Crippen LogP contribution in [-0.4, -0.2) is 24.5 Å². The summed E-state index contributed by atoms with van der Waals surface area (Å²) in [5, 5.41) is 3.16. The maximum absolute atomic E-state index is 5.72. The Bertz CT molecular complexity index is 737. The van der Waals surface area contributed by atoms with Crippen molar-refractivity contribution in [1.29, 1.82) is 0 Å². The molecule has 0 bridgehead atoms. The molecule has 0 saturated carbocycles. The summed E-state index contributed by atoms with van der Waals surface area (Å²) in [7, 11) is 0. The minimum absolute atomic E-state index is 0.167. The van der Waals surface area contributed by atoms with Crippen molar-refractivity contribution in [3.63, 3.8) is 0 Å². The van der Waals surface area contributed by atoms with Crippen LogP contribution < -0.4 is 11.1 Å². The van der Waals surface area contributed by atoms with Gasteiger partial charge in [-0.3, -0.25) is 4.57 Å². The fraction of sp³-hybridized carbons (Fsp3) is 0.143. The van der Waals surface area contributed by atoms with Gasteiger partial charge in [0.2, 0.25) is 17.8 Å². The Morgan fingerprint density at radius 1 is 1.24 bits per heavy atom. The molecule has 0 aliphatic rings. The molecule has 0 aliphatic heterocycles. The molecule has 0 atom stereocenters. The number of aryl methyl sites for hydroxylation is 1. The highest BCUT2D eigenvalue weighted by Crippen LogP contribution is 2.09. The number of nitrogen functional groups attached to an aromatic ring is 1. The number of aromatic nitrogens is 5. The van der Waals surface area contributed by atoms with Gasteiger partial charge in [0.15, 0.2) is 0 Å². The zero-order valence-corrected chi connectivity index (χ0v) is 11.6. The highest BCUT2D eigenvalue weighted by Gasteiger charge is 2.06. The van der Waals surface area contributed by atoms with Gasteiger partial charge >= 0.3 is 0 Å². The van der Waals surface area contributed by atoms with Gasteiger partial charge in [-0.05, 0) is 12.5 Å². The minimum atomic E-state index is 0.167. The molecule has 21 heavy (non-hydrogen) atoms. The van der Waals surface area contributed by atoms with Crippen LogP contribution >= 0.6 is 0 Å². The first-order chi connectivity index (χ1) is 10.2. The molecule has 3 N–H and O–H groups in total. The number of nitrogens with one attached hydrogen (secondary N) is 1. The molecule has 0 aliphatic carbocycles. The van der Waals surface area contributed by atoms with Gasteiger partial charge in [0.1, 0.15) is 6.33 Å². The second-order valence-corrected chi connectivity index (χ2v) is 4.63. The molecule has 3 rings (SSSR count). The Kier molecular flexibility index (Phi) is 3.46. The second kappa shape index (κ2) is 5.58. The van der Waals surface area contributed by atoms with Gasteiger partial charge in [-0.25, -0.2) is 4.98 Å². The zero-order valence-electron chi connectivity index (χ0n) is 11.6. The number of nitrogens with zero attached hydrogens (tertiary/aromatic N) is 5. The molecule has 2 aromatic heterocycles. The number of rotatable bonds is 4. The molecule has 0 amide bonds. The average Bonchev–Trinajstić information content (AvgIpc) is 2.99. The van der Waals surface area contributed by atoms with E-state index in [1.807, 2.05) is 12.1 Å². The molecule has 3 aromatic rings. The molecule has 0 saturated heterocycles. The number of hydrogen-bond acceptors (Lipinski definition) is 6. The third-order valence-electron chi connectivity index (χ3n) is 2.91. The number of anilines is 2. The van der Waals surface area contributed by atoms with Crippen LogP contribution in [0.1, 0.15) is 11.1 Å². The van der Waals surface area contributed by atoms with Crippen LogP contribution in [0.3, 0.4) is 0 Å². The summed E-state index contributed by atoms with van der Waals surface area (Å²) in [5.74, 6) is 1.04. The molecule has 7 nitrogen and oxygen atoms in total. The monoisotopic (exact) mass is 281 g/mol. The average molecular weight is 281 g/mol. The van der Waals surface area contributed by atoms with Crippen LogP contribution in [0.2, 0.25) is 0 Å². The predicted octanol–water partition coefficient (Wildman–Crippen LogP) is 1.56. The topological polar surface area (TPSA) is 94.5 Å². The first-order valence-corrected chi connectivity index (χ1v) is 6.50. The summed E-state index contributed by atoms with van der Waals surface area (Å²) >= 11 is 0. The van der Waals surface area contributed by atoms with Crippen LogP contribution in [0, 0.1) is 6.92 Å². The second-order valence-electron chi connectivity index (χ2n) is 4.63. The summed E-state index contributed by atoms with van der Waals surface area (Å²) in [6.07, 6.45) is 5.01. The molecular weight excluding hydrogens is 266 g/mol. The maximum Gasteiger partial charge on any atom is 0.241 e. The highest BCUT2D eigenvalue weighted by atomic mass is 15.3. The van der Waals surface area contributed by atoms with Gasteiger partial charge in [-0.2, -0.15) is 15.0 Å². The normalized spacial score (nSPS) is 10.5. The summed E-state index contributed by atoms with van der Waals surface area (Å²) in [4.78, 5) is 16.5. The summed E-state index contributed by atoms with van der Waals surface area (Å²) in [6, 6.07) is 8.22. The lowest BCUT2D eigenvalue weighted by molar-refractivity contribution is 0.895. The van der Waals surface area contributed by atoms with Gasteiger partial charge in [0.25, 0.3) is 0 Å². The van der Waals surface area contributed by atoms with Crippen LogP contribution in [0.15, 0.2) is 43.0 Å². The van der Waals surface area contributed by atoms with Gasteiger partial charge in [-0.1, -0.05) is 29.8 Å². The molecule has 0 fully saturated rings. The molecule has 0 spiro atoms. The largest absolute Gasteiger partial charge is 0.368 e. The zero-order chi connectivity index (χ0) is 14.7. The standard InChI is InChI=1S/C14H15N7/c1-10-3-2-4-11(7-10)8-17-13-18-12(15)19-14(20-13)21-6-5-16-9-21/h2-7,9H,8H2,1H3,(H3,15,17,18,19,20). The van der Waals surface area contributed by atoms with Crippen molar-refractivity contribution in [2.45, 2.75) is 13.5 Å². The Labute approximate surface area is 121 Å². The number of benzene rings is 1. The van der Waals surface area contributed by atoms with E-state index in [4.69, 9.17) is 5.73 Å². The maximum atomic E-state index is 5.72. The first-order valence-electron chi connectivity index (χ1n) is 6.50. The Balaban J connectivity index is 1.79. The fourth-order valence-corrected chi connectivity index (χ4v) is 1.96. The van der Waals surface area contributed by atoms with E-state index in [9.17, 15) is 0 Å². The lowest BCUT2D eigenvalue weighted by Gasteiger charge is -2.08. The van der Waals surface area contributed by atoms with Crippen LogP contribution in [0.25, 0.3) is 5.95 Å². The third-order valence-corrected chi connectivity index (χ3v) is 2.91. The number of nitrogens with two attached hydrogens (primary N) is 1. The van der Waals surface area contributed by atoms with Crippen molar-refractivity contribution in [3.8, 4) is 5.95 Å².